The van der Waals surface area contributed by atoms with Crippen LogP contribution in [0.25, 0.3) is 33.3 Å². The summed E-state index contributed by atoms with van der Waals surface area (Å²) in [5.41, 5.74) is 4.84. The normalized spacial score (nSPS) is 10.5. The summed E-state index contributed by atoms with van der Waals surface area (Å²) in [5, 5.41) is 23.7. The van der Waals surface area contributed by atoms with E-state index in [2.05, 4.69) is 44.4 Å². The lowest BCUT2D eigenvalue weighted by Gasteiger charge is -2.11. The van der Waals surface area contributed by atoms with Crippen molar-refractivity contribution in [2.45, 2.75) is 26.7 Å². The van der Waals surface area contributed by atoms with Crippen molar-refractivity contribution < 1.29 is 0 Å². The fraction of sp³-hybridized carbons (Fsp3) is 0.300. The lowest BCUT2D eigenvalue weighted by atomic mass is 10.0. The molecule has 0 amide bonds. The van der Waals surface area contributed by atoms with E-state index in [1.807, 2.05) is 55.7 Å². The van der Waals surface area contributed by atoms with Crippen molar-refractivity contribution in [1.82, 2.24) is 30.6 Å². The number of H-pyrrole nitrogens is 2. The lowest BCUT2D eigenvalue weighted by molar-refractivity contribution is 0.886. The van der Waals surface area contributed by atoms with Crippen LogP contribution >= 0.6 is 0 Å². The largest absolute Gasteiger partial charge is 0.361 e. The van der Waals surface area contributed by atoms with E-state index in [-0.39, 0.29) is 0 Å². The molecule has 7 nitrogen and oxygen atoms in total. The van der Waals surface area contributed by atoms with Crippen molar-refractivity contribution in [3.8, 4) is 22.4 Å². The van der Waals surface area contributed by atoms with E-state index in [9.17, 15) is 0 Å². The van der Waals surface area contributed by atoms with Crippen LogP contribution in [-0.4, -0.2) is 44.7 Å². The molecule has 140 valence electrons. The van der Waals surface area contributed by atoms with E-state index in [0.717, 1.165) is 39.1 Å². The number of hydrogen-bond donors (Lipinski definition) is 2. The average molecular weight is 363 g/mol. The zero-order chi connectivity index (χ0) is 19.2. The third-order valence-corrected chi connectivity index (χ3v) is 4.31. The van der Waals surface area contributed by atoms with Crippen molar-refractivity contribution in [1.29, 1.82) is 0 Å². The van der Waals surface area contributed by atoms with Crippen LogP contribution in [0, 0.1) is 0 Å². The Kier molecular flexibility index (Phi) is 5.80. The zero-order valence-electron chi connectivity index (χ0n) is 16.2. The highest BCUT2D eigenvalue weighted by Crippen LogP contribution is 2.33. The second kappa shape index (κ2) is 8.44. The number of nitrogens with zero attached hydrogens (tertiary/aromatic N) is 5. The van der Waals surface area contributed by atoms with Crippen LogP contribution in [0.1, 0.15) is 26.7 Å². The Bertz CT molecular complexity index is 967. The Morgan fingerprint density at radius 2 is 1.67 bits per heavy atom. The van der Waals surface area contributed by atoms with Gasteiger partial charge in [0.25, 0.3) is 0 Å². The molecule has 4 rings (SSSR count). The van der Waals surface area contributed by atoms with Crippen LogP contribution in [0.5, 0.6) is 0 Å². The summed E-state index contributed by atoms with van der Waals surface area (Å²) < 4.78 is 0. The maximum atomic E-state index is 4.34. The van der Waals surface area contributed by atoms with Crippen molar-refractivity contribution in [2.24, 2.45) is 0 Å². The van der Waals surface area contributed by atoms with Crippen LogP contribution in [0.3, 0.4) is 0 Å². The van der Waals surface area contributed by atoms with Gasteiger partial charge >= 0.3 is 0 Å². The first kappa shape index (κ1) is 18.6. The molecule has 0 spiro atoms. The number of unbranched alkanes of at least 4 members (excludes halogenated alkanes) is 1. The molecule has 0 atom stereocenters. The molecule has 3 aromatic heterocycles. The number of rotatable bonds is 4. The van der Waals surface area contributed by atoms with E-state index in [4.69, 9.17) is 0 Å². The molecule has 0 radical (unpaired) electrons. The quantitative estimate of drug-likeness (QED) is 0.565. The second-order valence-corrected chi connectivity index (χ2v) is 6.48. The number of hydrogen-bond acceptors (Lipinski definition) is 5. The summed E-state index contributed by atoms with van der Waals surface area (Å²) >= 11 is 0. The van der Waals surface area contributed by atoms with E-state index >= 15 is 0 Å². The lowest BCUT2D eigenvalue weighted by Crippen LogP contribution is -2.11. The molecule has 0 fully saturated rings. The zero-order valence-corrected chi connectivity index (χ0v) is 16.2. The molecule has 0 aliphatic heterocycles. The molecule has 0 bridgehead atoms. The molecule has 0 unspecified atom stereocenters. The highest BCUT2D eigenvalue weighted by molar-refractivity contribution is 6.01. The van der Waals surface area contributed by atoms with Crippen LogP contribution < -0.4 is 4.90 Å². The van der Waals surface area contributed by atoms with E-state index < -0.39 is 0 Å². The summed E-state index contributed by atoms with van der Waals surface area (Å²) in [6.07, 6.45) is 8.11. The van der Waals surface area contributed by atoms with Gasteiger partial charge in [0.15, 0.2) is 5.82 Å². The first-order chi connectivity index (χ1) is 13.2. The van der Waals surface area contributed by atoms with Crippen LogP contribution in [0.15, 0.2) is 42.9 Å². The highest BCUT2D eigenvalue weighted by atomic mass is 15.2. The highest BCUT2D eigenvalue weighted by Gasteiger charge is 2.13. The van der Waals surface area contributed by atoms with Crippen molar-refractivity contribution in [3.05, 3.63) is 42.9 Å². The van der Waals surface area contributed by atoms with Gasteiger partial charge in [0.2, 0.25) is 0 Å². The molecule has 0 saturated heterocycles. The fourth-order valence-corrected chi connectivity index (χ4v) is 2.60. The summed E-state index contributed by atoms with van der Waals surface area (Å²) in [7, 11) is 3.88. The molecule has 4 aromatic rings. The third kappa shape index (κ3) is 3.97. The van der Waals surface area contributed by atoms with Gasteiger partial charge in [-0.3, -0.25) is 10.2 Å². The van der Waals surface area contributed by atoms with Crippen LogP contribution in [0.4, 0.5) is 5.82 Å². The minimum Gasteiger partial charge on any atom is -0.361 e. The topological polar surface area (TPSA) is 86.4 Å². The summed E-state index contributed by atoms with van der Waals surface area (Å²) in [6.45, 7) is 4.36. The first-order valence-electron chi connectivity index (χ1n) is 9.12. The van der Waals surface area contributed by atoms with Gasteiger partial charge in [0.1, 0.15) is 0 Å². The average Bonchev–Trinajstić information content (AvgIpc) is 3.39. The predicted molar refractivity (Wildman–Crippen MR) is 110 cm³/mol. The van der Waals surface area contributed by atoms with Gasteiger partial charge in [-0.05, 0) is 12.1 Å². The number of nitrogens with one attached hydrogen (secondary N) is 2. The van der Waals surface area contributed by atoms with Crippen molar-refractivity contribution in [2.75, 3.05) is 19.0 Å². The van der Waals surface area contributed by atoms with Gasteiger partial charge in [-0.2, -0.15) is 10.2 Å². The van der Waals surface area contributed by atoms with Gasteiger partial charge in [-0.15, -0.1) is 10.2 Å². The molecular formula is C20H25N7. The van der Waals surface area contributed by atoms with Crippen LogP contribution in [-0.2, 0) is 0 Å². The van der Waals surface area contributed by atoms with Gasteiger partial charge < -0.3 is 4.90 Å². The van der Waals surface area contributed by atoms with Gasteiger partial charge in [-0.25, -0.2) is 0 Å². The SMILES string of the molecule is CCCC.CN(C)c1ccc(-c2ccc(-c3cn[nH]c3)c3[nH]ncc23)nn1. The van der Waals surface area contributed by atoms with Crippen molar-refractivity contribution >= 4 is 16.7 Å². The first-order valence-corrected chi connectivity index (χ1v) is 9.12. The standard InChI is InChI=1S/C16H15N7.C4H10/c1-23(2)15-6-5-14(20-21-15)12-4-3-11(10-7-17-18-8-10)16-13(12)9-19-22-16;1-3-4-2/h3-9H,1-2H3,(H,17,18)(H,19,22);3-4H2,1-2H3. The Morgan fingerprint density at radius 1 is 0.889 bits per heavy atom. The Balaban J connectivity index is 0.000000481. The molecule has 7 heteroatoms. The van der Waals surface area contributed by atoms with E-state index in [1.54, 1.807) is 6.20 Å². The predicted octanol–water partition coefficient (Wildman–Crippen LogP) is 4.28. The Hall–Kier alpha value is -3.22. The van der Waals surface area contributed by atoms with Gasteiger partial charge in [0, 0.05) is 42.4 Å². The summed E-state index contributed by atoms with van der Waals surface area (Å²) in [4.78, 5) is 1.92. The molecule has 3 heterocycles. The third-order valence-electron chi connectivity index (χ3n) is 4.31. The van der Waals surface area contributed by atoms with Crippen LogP contribution in [0.2, 0.25) is 0 Å². The van der Waals surface area contributed by atoms with Gasteiger partial charge in [-0.1, -0.05) is 38.8 Å². The van der Waals surface area contributed by atoms with E-state index in [1.165, 1.54) is 12.8 Å². The summed E-state index contributed by atoms with van der Waals surface area (Å²) in [6, 6.07) is 8.02. The minimum atomic E-state index is 0.820. The fourth-order valence-electron chi connectivity index (χ4n) is 2.60. The molecule has 27 heavy (non-hydrogen) atoms. The number of fused-ring (bicyclic) bond motifs is 1. The molecular weight excluding hydrogens is 338 g/mol. The minimum absolute atomic E-state index is 0.820. The maximum absolute atomic E-state index is 4.34. The molecule has 0 aliphatic rings. The number of aromatic amines is 2. The molecule has 1 aromatic carbocycles. The second-order valence-electron chi connectivity index (χ2n) is 6.48. The number of benzene rings is 1. The molecule has 2 N–H and O–H groups in total. The molecule has 0 saturated carbocycles. The number of anilines is 1. The van der Waals surface area contributed by atoms with Crippen molar-refractivity contribution in [3.63, 3.8) is 0 Å². The Morgan fingerprint density at radius 3 is 2.26 bits per heavy atom. The monoisotopic (exact) mass is 363 g/mol. The summed E-state index contributed by atoms with van der Waals surface area (Å²) in [5.74, 6) is 0.826. The molecule has 0 aliphatic carbocycles. The maximum Gasteiger partial charge on any atom is 0.150 e. The smallest absolute Gasteiger partial charge is 0.150 e. The van der Waals surface area contributed by atoms with Gasteiger partial charge in [0.05, 0.1) is 23.6 Å². The van der Waals surface area contributed by atoms with E-state index in [0.29, 0.717) is 0 Å². The Labute approximate surface area is 158 Å². The number of aromatic nitrogens is 6.